The highest BCUT2D eigenvalue weighted by molar-refractivity contribution is 7.12. The molecule has 2 amide bonds. The van der Waals surface area contributed by atoms with Crippen LogP contribution in [0.5, 0.6) is 0 Å². The van der Waals surface area contributed by atoms with Gasteiger partial charge in [0.2, 0.25) is 5.91 Å². The van der Waals surface area contributed by atoms with Crippen molar-refractivity contribution in [3.8, 4) is 0 Å². The SMILES string of the molecule is CNCC1CCCN1C(=O)CN(C)C(=O)c1cccs1.Cl. The topological polar surface area (TPSA) is 52.7 Å². The Kier molecular flexibility index (Phi) is 7.14. The van der Waals surface area contributed by atoms with Gasteiger partial charge in [-0.3, -0.25) is 9.59 Å². The number of amides is 2. The van der Waals surface area contributed by atoms with E-state index >= 15 is 0 Å². The number of carbonyl (C=O) groups is 2. The number of hydrogen-bond donors (Lipinski definition) is 1. The summed E-state index contributed by atoms with van der Waals surface area (Å²) >= 11 is 1.40. The van der Waals surface area contributed by atoms with E-state index in [9.17, 15) is 9.59 Å². The molecule has 1 aromatic heterocycles. The molecule has 2 rings (SSSR count). The molecule has 1 atom stereocenters. The monoisotopic (exact) mass is 331 g/mol. The summed E-state index contributed by atoms with van der Waals surface area (Å²) in [6, 6.07) is 3.89. The third-order valence-electron chi connectivity index (χ3n) is 3.59. The number of nitrogens with zero attached hydrogens (tertiary/aromatic N) is 2. The van der Waals surface area contributed by atoms with E-state index < -0.39 is 0 Å². The van der Waals surface area contributed by atoms with E-state index in [1.807, 2.05) is 23.4 Å². The Morgan fingerprint density at radius 1 is 1.52 bits per heavy atom. The fraction of sp³-hybridized carbons (Fsp3) is 0.571. The predicted octanol–water partition coefficient (Wildman–Crippen LogP) is 1.45. The number of likely N-dealkylation sites (tertiary alicyclic amines) is 1. The van der Waals surface area contributed by atoms with E-state index in [4.69, 9.17) is 0 Å². The maximum absolute atomic E-state index is 12.3. The van der Waals surface area contributed by atoms with Gasteiger partial charge in [0.1, 0.15) is 0 Å². The molecule has 5 nitrogen and oxygen atoms in total. The largest absolute Gasteiger partial charge is 0.337 e. The van der Waals surface area contributed by atoms with Crippen molar-refractivity contribution in [2.24, 2.45) is 0 Å². The van der Waals surface area contributed by atoms with E-state index in [1.165, 1.54) is 16.2 Å². The molecule has 1 aliphatic heterocycles. The first kappa shape index (κ1) is 17.9. The molecule has 7 heteroatoms. The van der Waals surface area contributed by atoms with Crippen molar-refractivity contribution in [2.45, 2.75) is 18.9 Å². The summed E-state index contributed by atoms with van der Waals surface area (Å²) < 4.78 is 0. The summed E-state index contributed by atoms with van der Waals surface area (Å²) in [5.74, 6) is -0.0483. The molecule has 1 N–H and O–H groups in total. The smallest absolute Gasteiger partial charge is 0.264 e. The van der Waals surface area contributed by atoms with Crippen LogP contribution in [0.1, 0.15) is 22.5 Å². The first-order valence-corrected chi connectivity index (χ1v) is 7.74. The number of hydrogen-bond acceptors (Lipinski definition) is 4. The second kappa shape index (κ2) is 8.36. The third kappa shape index (κ3) is 4.43. The first-order valence-electron chi connectivity index (χ1n) is 6.86. The molecule has 118 valence electrons. The lowest BCUT2D eigenvalue weighted by atomic mass is 10.2. The molecule has 0 aliphatic carbocycles. The van der Waals surface area contributed by atoms with Crippen LogP contribution < -0.4 is 5.32 Å². The Morgan fingerprint density at radius 2 is 2.29 bits per heavy atom. The van der Waals surface area contributed by atoms with Gasteiger partial charge >= 0.3 is 0 Å². The second-order valence-electron chi connectivity index (χ2n) is 5.08. The lowest BCUT2D eigenvalue weighted by molar-refractivity contribution is -0.132. The van der Waals surface area contributed by atoms with Crippen LogP contribution in [0.15, 0.2) is 17.5 Å². The van der Waals surface area contributed by atoms with E-state index in [-0.39, 0.29) is 36.8 Å². The molecule has 2 heterocycles. The Labute approximate surface area is 135 Å². The summed E-state index contributed by atoms with van der Waals surface area (Å²) in [5.41, 5.74) is 0. The summed E-state index contributed by atoms with van der Waals surface area (Å²) in [4.78, 5) is 28.5. The van der Waals surface area contributed by atoms with Crippen molar-refractivity contribution in [3.05, 3.63) is 22.4 Å². The number of carbonyl (C=O) groups excluding carboxylic acids is 2. The van der Waals surface area contributed by atoms with Gasteiger partial charge in [0.25, 0.3) is 5.91 Å². The van der Waals surface area contributed by atoms with Crippen LogP contribution in [0.4, 0.5) is 0 Å². The quantitative estimate of drug-likeness (QED) is 0.888. The zero-order chi connectivity index (χ0) is 14.5. The molecule has 0 aromatic carbocycles. The maximum Gasteiger partial charge on any atom is 0.264 e. The minimum absolute atomic E-state index is 0. The van der Waals surface area contributed by atoms with Crippen molar-refractivity contribution < 1.29 is 9.59 Å². The number of likely N-dealkylation sites (N-methyl/N-ethyl adjacent to an activating group) is 2. The molecule has 0 spiro atoms. The van der Waals surface area contributed by atoms with Crippen molar-refractivity contribution in [2.75, 3.05) is 33.7 Å². The van der Waals surface area contributed by atoms with E-state index in [2.05, 4.69) is 5.32 Å². The lowest BCUT2D eigenvalue weighted by Gasteiger charge is -2.27. The highest BCUT2D eigenvalue weighted by Crippen LogP contribution is 2.17. The molecule has 1 saturated heterocycles. The summed E-state index contributed by atoms with van der Waals surface area (Å²) in [6.07, 6.45) is 2.08. The van der Waals surface area contributed by atoms with Crippen molar-refractivity contribution >= 4 is 35.6 Å². The molecular formula is C14H22ClN3O2S. The van der Waals surface area contributed by atoms with E-state index in [0.29, 0.717) is 4.88 Å². The van der Waals surface area contributed by atoms with Crippen LogP contribution in [0.25, 0.3) is 0 Å². The van der Waals surface area contributed by atoms with Crippen molar-refractivity contribution in [1.82, 2.24) is 15.1 Å². The molecule has 1 unspecified atom stereocenters. The summed E-state index contributed by atoms with van der Waals surface area (Å²) in [7, 11) is 3.58. The minimum Gasteiger partial charge on any atom is -0.337 e. The molecule has 1 aromatic rings. The number of nitrogens with one attached hydrogen (secondary N) is 1. The molecular weight excluding hydrogens is 310 g/mol. The normalized spacial score (nSPS) is 17.4. The van der Waals surface area contributed by atoms with Crippen LogP contribution in [-0.4, -0.2) is 61.4 Å². The first-order chi connectivity index (χ1) is 9.63. The van der Waals surface area contributed by atoms with Crippen LogP contribution >= 0.6 is 23.7 Å². The lowest BCUT2D eigenvalue weighted by Crippen LogP contribution is -2.46. The van der Waals surface area contributed by atoms with Crippen LogP contribution in [0, 0.1) is 0 Å². The van der Waals surface area contributed by atoms with Gasteiger partial charge in [-0.1, -0.05) is 6.07 Å². The van der Waals surface area contributed by atoms with Crippen LogP contribution in [-0.2, 0) is 4.79 Å². The standard InChI is InChI=1S/C14H21N3O2S.ClH/c1-15-9-11-5-3-7-17(11)13(18)10-16(2)14(19)12-6-4-8-20-12;/h4,6,8,11,15H,3,5,7,9-10H2,1-2H3;1H. The fourth-order valence-corrected chi connectivity index (χ4v) is 3.28. The highest BCUT2D eigenvalue weighted by Gasteiger charge is 2.29. The summed E-state index contributed by atoms with van der Waals surface area (Å²) in [5, 5.41) is 4.99. The van der Waals surface area contributed by atoms with Gasteiger partial charge in [-0.25, -0.2) is 0 Å². The molecule has 1 aliphatic rings. The van der Waals surface area contributed by atoms with Crippen molar-refractivity contribution in [1.29, 1.82) is 0 Å². The van der Waals surface area contributed by atoms with Crippen molar-refractivity contribution in [3.63, 3.8) is 0 Å². The zero-order valence-corrected chi connectivity index (χ0v) is 14.0. The third-order valence-corrected chi connectivity index (χ3v) is 4.45. The Hall–Kier alpha value is -1.11. The molecule has 0 bridgehead atoms. The average Bonchev–Trinajstić information content (AvgIpc) is 3.09. The number of halogens is 1. The number of rotatable bonds is 5. The van der Waals surface area contributed by atoms with E-state index in [1.54, 1.807) is 13.1 Å². The van der Waals surface area contributed by atoms with Gasteiger partial charge < -0.3 is 15.1 Å². The van der Waals surface area contributed by atoms with Gasteiger partial charge in [-0.05, 0) is 31.3 Å². The Morgan fingerprint density at radius 3 is 2.90 bits per heavy atom. The van der Waals surface area contributed by atoms with Gasteiger partial charge in [0, 0.05) is 26.2 Å². The molecule has 0 radical (unpaired) electrons. The minimum atomic E-state index is -0.0855. The van der Waals surface area contributed by atoms with E-state index in [0.717, 1.165) is 25.9 Å². The molecule has 1 fully saturated rings. The average molecular weight is 332 g/mol. The molecule has 0 saturated carbocycles. The highest BCUT2D eigenvalue weighted by atomic mass is 35.5. The molecule has 21 heavy (non-hydrogen) atoms. The second-order valence-corrected chi connectivity index (χ2v) is 6.03. The van der Waals surface area contributed by atoms with Gasteiger partial charge in [-0.2, -0.15) is 0 Å². The number of thiophene rings is 1. The Bertz CT molecular complexity index is 467. The fourth-order valence-electron chi connectivity index (χ4n) is 2.57. The maximum atomic E-state index is 12.3. The zero-order valence-electron chi connectivity index (χ0n) is 12.4. The van der Waals surface area contributed by atoms with Crippen LogP contribution in [0.3, 0.4) is 0 Å². The Balaban J connectivity index is 0.00000220. The van der Waals surface area contributed by atoms with Gasteiger partial charge in [0.05, 0.1) is 11.4 Å². The van der Waals surface area contributed by atoms with Gasteiger partial charge in [0.15, 0.2) is 0 Å². The predicted molar refractivity (Wildman–Crippen MR) is 87.2 cm³/mol. The summed E-state index contributed by atoms with van der Waals surface area (Å²) in [6.45, 7) is 1.76. The van der Waals surface area contributed by atoms with Gasteiger partial charge in [-0.15, -0.1) is 23.7 Å². The van der Waals surface area contributed by atoms with Crippen LogP contribution in [0.2, 0.25) is 0 Å².